The van der Waals surface area contributed by atoms with Gasteiger partial charge in [0.25, 0.3) is 15.7 Å². The number of hydrogen-bond donors (Lipinski definition) is 0. The standard InChI is InChI=1S/C18H16BrN3O4S/c1-12-3-8-16(22(23)24)10-18(12)27(25,26)21(2)20-11-14-5-4-13-6-7-15(19)9-17(13)14/h3-11,17H,1-2H3/b20-11+. The van der Waals surface area contributed by atoms with Gasteiger partial charge in [-0.15, -0.1) is 0 Å². The molecule has 0 saturated heterocycles. The molecule has 2 aliphatic rings. The molecule has 1 aromatic rings. The van der Waals surface area contributed by atoms with Gasteiger partial charge in [-0.05, 0) is 29.7 Å². The molecular weight excluding hydrogens is 434 g/mol. The van der Waals surface area contributed by atoms with Gasteiger partial charge < -0.3 is 0 Å². The Balaban J connectivity index is 1.85. The summed E-state index contributed by atoms with van der Waals surface area (Å²) in [5.74, 6) is 0.0174. The number of fused-ring (bicyclic) bond motifs is 1. The largest absolute Gasteiger partial charge is 0.279 e. The van der Waals surface area contributed by atoms with Crippen LogP contribution in [0.2, 0.25) is 0 Å². The molecule has 140 valence electrons. The number of halogens is 1. The van der Waals surface area contributed by atoms with Gasteiger partial charge in [-0.25, -0.2) is 0 Å². The molecule has 27 heavy (non-hydrogen) atoms. The van der Waals surface area contributed by atoms with Crippen molar-refractivity contribution in [3.63, 3.8) is 0 Å². The molecule has 3 rings (SSSR count). The maximum atomic E-state index is 12.8. The molecular formula is C18H16BrN3O4S. The van der Waals surface area contributed by atoms with Crippen molar-refractivity contribution >= 4 is 37.9 Å². The lowest BCUT2D eigenvalue weighted by atomic mass is 9.93. The molecule has 0 spiro atoms. The lowest BCUT2D eigenvalue weighted by Crippen LogP contribution is -2.23. The van der Waals surface area contributed by atoms with E-state index in [1.165, 1.54) is 25.4 Å². The highest BCUT2D eigenvalue weighted by molar-refractivity contribution is 9.11. The summed E-state index contributed by atoms with van der Waals surface area (Å²) in [4.78, 5) is 10.2. The van der Waals surface area contributed by atoms with Gasteiger partial charge in [0.05, 0.1) is 16.0 Å². The van der Waals surface area contributed by atoms with Crippen LogP contribution in [0.5, 0.6) is 0 Å². The van der Waals surface area contributed by atoms with Crippen LogP contribution in [-0.2, 0) is 10.0 Å². The Morgan fingerprint density at radius 3 is 2.74 bits per heavy atom. The van der Waals surface area contributed by atoms with E-state index in [1.807, 2.05) is 30.4 Å². The molecule has 0 aromatic heterocycles. The van der Waals surface area contributed by atoms with Crippen molar-refractivity contribution in [1.82, 2.24) is 4.41 Å². The summed E-state index contributed by atoms with van der Waals surface area (Å²) in [7, 11) is -2.70. The van der Waals surface area contributed by atoms with Gasteiger partial charge in [0.1, 0.15) is 0 Å². The third-order valence-electron chi connectivity index (χ3n) is 4.33. The molecule has 9 heteroatoms. The Kier molecular flexibility index (Phi) is 5.16. The molecule has 0 bridgehead atoms. The van der Waals surface area contributed by atoms with E-state index in [0.717, 1.165) is 26.1 Å². The number of hydrogen-bond acceptors (Lipinski definition) is 5. The van der Waals surface area contributed by atoms with Crippen LogP contribution in [0.1, 0.15) is 5.56 Å². The number of allylic oxidation sites excluding steroid dienone is 8. The van der Waals surface area contributed by atoms with Crippen molar-refractivity contribution in [2.24, 2.45) is 11.0 Å². The summed E-state index contributed by atoms with van der Waals surface area (Å²) >= 11 is 3.44. The number of nitro groups is 1. The van der Waals surface area contributed by atoms with Crippen LogP contribution in [0.15, 0.2) is 74.2 Å². The molecule has 1 atom stereocenters. The first kappa shape index (κ1) is 19.2. The average molecular weight is 450 g/mol. The number of nitro benzene ring substituents is 1. The van der Waals surface area contributed by atoms with Crippen LogP contribution in [0.4, 0.5) is 5.69 Å². The van der Waals surface area contributed by atoms with Gasteiger partial charge in [-0.1, -0.05) is 46.3 Å². The zero-order valence-electron chi connectivity index (χ0n) is 14.5. The topological polar surface area (TPSA) is 92.9 Å². The SMILES string of the molecule is Cc1ccc([N+](=O)[O-])cc1S(=O)(=O)N(C)/N=C/C1=CC=C2C=CC(Br)=CC21. The van der Waals surface area contributed by atoms with E-state index in [1.54, 1.807) is 6.92 Å². The molecule has 0 aliphatic heterocycles. The molecule has 2 aliphatic carbocycles. The highest BCUT2D eigenvalue weighted by Crippen LogP contribution is 2.34. The average Bonchev–Trinajstić information content (AvgIpc) is 3.01. The molecule has 0 fully saturated rings. The highest BCUT2D eigenvalue weighted by atomic mass is 79.9. The van der Waals surface area contributed by atoms with E-state index in [4.69, 9.17) is 0 Å². The lowest BCUT2D eigenvalue weighted by Gasteiger charge is -2.17. The lowest BCUT2D eigenvalue weighted by molar-refractivity contribution is -0.385. The third-order valence-corrected chi connectivity index (χ3v) is 6.64. The fourth-order valence-corrected chi connectivity index (χ4v) is 4.39. The van der Waals surface area contributed by atoms with Crippen molar-refractivity contribution < 1.29 is 13.3 Å². The summed E-state index contributed by atoms with van der Waals surface area (Å²) in [5.41, 5.74) is 2.08. The van der Waals surface area contributed by atoms with Crippen LogP contribution < -0.4 is 0 Å². The van der Waals surface area contributed by atoms with E-state index < -0.39 is 14.9 Å². The zero-order valence-corrected chi connectivity index (χ0v) is 16.9. The quantitative estimate of drug-likeness (QED) is 0.387. The van der Waals surface area contributed by atoms with Crippen LogP contribution >= 0.6 is 15.9 Å². The Labute approximate surface area is 165 Å². The van der Waals surface area contributed by atoms with Gasteiger partial charge in [-0.2, -0.15) is 17.9 Å². The third kappa shape index (κ3) is 3.79. The number of sulfonamides is 1. The van der Waals surface area contributed by atoms with Crippen molar-refractivity contribution in [2.75, 3.05) is 7.05 Å². The number of non-ortho nitro benzene ring substituents is 1. The number of benzene rings is 1. The van der Waals surface area contributed by atoms with Gasteiger partial charge >= 0.3 is 0 Å². The minimum Gasteiger partial charge on any atom is -0.258 e. The molecule has 0 radical (unpaired) electrons. The number of hydrazone groups is 1. The smallest absolute Gasteiger partial charge is 0.258 e. The first-order chi connectivity index (χ1) is 12.7. The Hall–Kier alpha value is -2.52. The maximum Gasteiger partial charge on any atom is 0.279 e. The summed E-state index contributed by atoms with van der Waals surface area (Å²) in [5, 5.41) is 15.0. The van der Waals surface area contributed by atoms with Crippen molar-refractivity contribution in [3.05, 3.63) is 79.9 Å². The molecule has 0 saturated carbocycles. The minimum atomic E-state index is -4.01. The zero-order chi connectivity index (χ0) is 19.8. The molecule has 7 nitrogen and oxygen atoms in total. The van der Waals surface area contributed by atoms with E-state index in [-0.39, 0.29) is 16.5 Å². The second-order valence-corrected chi connectivity index (χ2v) is 8.92. The Bertz CT molecular complexity index is 1070. The highest BCUT2D eigenvalue weighted by Gasteiger charge is 2.25. The molecule has 0 heterocycles. The maximum absolute atomic E-state index is 12.8. The fraction of sp³-hybridized carbons (Fsp3) is 0.167. The van der Waals surface area contributed by atoms with Crippen LogP contribution in [0, 0.1) is 23.0 Å². The predicted molar refractivity (Wildman–Crippen MR) is 107 cm³/mol. The second kappa shape index (κ2) is 7.24. The Morgan fingerprint density at radius 1 is 1.30 bits per heavy atom. The number of aryl methyl sites for hydroxylation is 1. The molecule has 0 amide bonds. The summed E-state index contributed by atoms with van der Waals surface area (Å²) in [6, 6.07) is 3.74. The van der Waals surface area contributed by atoms with Crippen molar-refractivity contribution in [1.29, 1.82) is 0 Å². The van der Waals surface area contributed by atoms with Gasteiger partial charge in [0.2, 0.25) is 0 Å². The normalized spacial score (nSPS) is 18.8. The summed E-state index contributed by atoms with van der Waals surface area (Å²) < 4.78 is 27.4. The first-order valence-corrected chi connectivity index (χ1v) is 10.2. The molecule has 1 aromatic carbocycles. The van der Waals surface area contributed by atoms with Gasteiger partial charge in [0, 0.05) is 29.6 Å². The van der Waals surface area contributed by atoms with Crippen LogP contribution in [0.25, 0.3) is 0 Å². The second-order valence-electron chi connectivity index (χ2n) is 6.09. The van der Waals surface area contributed by atoms with Crippen molar-refractivity contribution in [3.8, 4) is 0 Å². The summed E-state index contributed by atoms with van der Waals surface area (Å²) in [6.45, 7) is 1.58. The fourth-order valence-electron chi connectivity index (χ4n) is 2.79. The predicted octanol–water partition coefficient (Wildman–Crippen LogP) is 3.84. The van der Waals surface area contributed by atoms with E-state index in [2.05, 4.69) is 21.0 Å². The molecule has 0 N–H and O–H groups in total. The van der Waals surface area contributed by atoms with Crippen molar-refractivity contribution in [2.45, 2.75) is 11.8 Å². The van der Waals surface area contributed by atoms with E-state index >= 15 is 0 Å². The Morgan fingerprint density at radius 2 is 2.04 bits per heavy atom. The number of nitrogens with zero attached hydrogens (tertiary/aromatic N) is 3. The van der Waals surface area contributed by atoms with Crippen LogP contribution in [0.3, 0.4) is 0 Å². The van der Waals surface area contributed by atoms with Crippen LogP contribution in [-0.4, -0.2) is 31.0 Å². The molecule has 1 unspecified atom stereocenters. The monoisotopic (exact) mass is 449 g/mol. The van der Waals surface area contributed by atoms with E-state index in [0.29, 0.717) is 5.56 Å². The minimum absolute atomic E-state index is 0.0174. The summed E-state index contributed by atoms with van der Waals surface area (Å²) in [6.07, 6.45) is 11.3. The van der Waals surface area contributed by atoms with E-state index in [9.17, 15) is 18.5 Å². The number of rotatable bonds is 5. The first-order valence-electron chi connectivity index (χ1n) is 7.95. The van der Waals surface area contributed by atoms with Gasteiger partial charge in [-0.3, -0.25) is 10.1 Å². The van der Waals surface area contributed by atoms with Gasteiger partial charge in [0.15, 0.2) is 0 Å².